The van der Waals surface area contributed by atoms with Crippen molar-refractivity contribution < 1.29 is 15.0 Å². The molecule has 2 rings (SSSR count). The average Bonchev–Trinajstić information content (AvgIpc) is 2.37. The topological polar surface area (TPSA) is 57.5 Å². The summed E-state index contributed by atoms with van der Waals surface area (Å²) in [6.45, 7) is 1.25. The molecule has 0 aliphatic rings. The lowest BCUT2D eigenvalue weighted by molar-refractivity contribution is -0.130. The van der Waals surface area contributed by atoms with Crippen LogP contribution in [0.3, 0.4) is 0 Å². The van der Waals surface area contributed by atoms with Gasteiger partial charge in [-0.3, -0.25) is 4.79 Å². The van der Waals surface area contributed by atoms with Crippen LogP contribution in [-0.2, 0) is 4.79 Å². The molecule has 18 heavy (non-hydrogen) atoms. The fraction of sp³-hybridized carbons (Fsp3) is 0.214. The molecule has 0 amide bonds. The number of ketones is 1. The first kappa shape index (κ1) is 13.2. The van der Waals surface area contributed by atoms with Crippen LogP contribution in [0.2, 0.25) is 0 Å². The second-order valence-electron chi connectivity index (χ2n) is 4.19. The molecule has 0 fully saturated rings. The molecule has 0 saturated carbocycles. The summed E-state index contributed by atoms with van der Waals surface area (Å²) in [5.41, 5.74) is 0.511. The predicted octanol–water partition coefficient (Wildman–Crippen LogP) is 2.59. The van der Waals surface area contributed by atoms with E-state index in [-0.39, 0.29) is 0 Å². The lowest BCUT2D eigenvalue weighted by Gasteiger charge is -2.18. The van der Waals surface area contributed by atoms with Crippen molar-refractivity contribution in [1.29, 1.82) is 0 Å². The van der Waals surface area contributed by atoms with E-state index < -0.39 is 18.0 Å². The van der Waals surface area contributed by atoms with E-state index in [1.807, 2.05) is 30.3 Å². The zero-order valence-corrected chi connectivity index (χ0v) is 11.4. The highest BCUT2D eigenvalue weighted by atomic mass is 79.9. The van der Waals surface area contributed by atoms with Gasteiger partial charge in [-0.25, -0.2) is 0 Å². The summed E-state index contributed by atoms with van der Waals surface area (Å²) in [7, 11) is 0. The monoisotopic (exact) mass is 308 g/mol. The molecule has 0 aliphatic heterocycles. The molecule has 0 saturated heterocycles. The summed E-state index contributed by atoms with van der Waals surface area (Å²) in [6.07, 6.45) is -2.62. The van der Waals surface area contributed by atoms with Crippen LogP contribution in [0.4, 0.5) is 0 Å². The molecule has 3 nitrogen and oxygen atoms in total. The van der Waals surface area contributed by atoms with Crippen molar-refractivity contribution in [3.63, 3.8) is 0 Å². The van der Waals surface area contributed by atoms with Crippen LogP contribution in [0.5, 0.6) is 0 Å². The molecule has 2 N–H and O–H groups in total. The van der Waals surface area contributed by atoms with Crippen molar-refractivity contribution >= 4 is 32.5 Å². The molecule has 0 radical (unpaired) electrons. The molecule has 94 valence electrons. The fourth-order valence-corrected chi connectivity index (χ4v) is 2.60. The van der Waals surface area contributed by atoms with Gasteiger partial charge in [-0.2, -0.15) is 0 Å². The minimum atomic E-state index is -1.40. The number of aliphatic hydroxyl groups is 2. The molecule has 0 aliphatic carbocycles. The third-order valence-electron chi connectivity index (χ3n) is 2.93. The average molecular weight is 309 g/mol. The highest BCUT2D eigenvalue weighted by Gasteiger charge is 2.24. The minimum absolute atomic E-state index is 0.456. The number of rotatable bonds is 3. The Morgan fingerprint density at radius 3 is 2.50 bits per heavy atom. The summed E-state index contributed by atoms with van der Waals surface area (Å²) >= 11 is 3.42. The molecule has 0 heterocycles. The molecule has 2 aromatic carbocycles. The Morgan fingerprint density at radius 1 is 1.17 bits per heavy atom. The van der Waals surface area contributed by atoms with Gasteiger partial charge in [-0.1, -0.05) is 36.4 Å². The predicted molar refractivity (Wildman–Crippen MR) is 73.3 cm³/mol. The number of aliphatic hydroxyl groups excluding tert-OH is 2. The van der Waals surface area contributed by atoms with Crippen LogP contribution in [0.25, 0.3) is 10.8 Å². The van der Waals surface area contributed by atoms with E-state index in [0.29, 0.717) is 10.0 Å². The van der Waals surface area contributed by atoms with Gasteiger partial charge in [-0.05, 0) is 39.2 Å². The molecular formula is C14H13BrO3. The molecule has 2 aromatic rings. The number of fused-ring (bicyclic) bond motifs is 1. The number of carbonyl (C=O) groups is 1. The second-order valence-corrected chi connectivity index (χ2v) is 4.98. The van der Waals surface area contributed by atoms with Crippen molar-refractivity contribution in [1.82, 2.24) is 0 Å². The maximum Gasteiger partial charge on any atom is 0.161 e. The third kappa shape index (κ3) is 2.32. The van der Waals surface area contributed by atoms with Crippen LogP contribution in [0.15, 0.2) is 40.9 Å². The van der Waals surface area contributed by atoms with Crippen molar-refractivity contribution in [2.75, 3.05) is 0 Å². The van der Waals surface area contributed by atoms with Gasteiger partial charge in [0.05, 0.1) is 0 Å². The summed E-state index contributed by atoms with van der Waals surface area (Å²) in [4.78, 5) is 11.1. The quantitative estimate of drug-likeness (QED) is 0.916. The molecule has 2 atom stereocenters. The van der Waals surface area contributed by atoms with Crippen LogP contribution in [0.1, 0.15) is 18.6 Å². The highest BCUT2D eigenvalue weighted by Crippen LogP contribution is 2.32. The van der Waals surface area contributed by atoms with E-state index in [4.69, 9.17) is 0 Å². The Morgan fingerprint density at radius 2 is 1.83 bits per heavy atom. The maximum atomic E-state index is 11.1. The number of hydrogen-bond acceptors (Lipinski definition) is 3. The molecule has 0 spiro atoms. The van der Waals surface area contributed by atoms with Crippen molar-refractivity contribution in [3.8, 4) is 0 Å². The Bertz CT molecular complexity index is 595. The van der Waals surface area contributed by atoms with Crippen LogP contribution >= 0.6 is 15.9 Å². The minimum Gasteiger partial charge on any atom is -0.385 e. The number of benzene rings is 2. The normalized spacial score (nSPS) is 14.4. The lowest BCUT2D eigenvalue weighted by atomic mass is 9.99. The molecule has 4 heteroatoms. The van der Waals surface area contributed by atoms with E-state index >= 15 is 0 Å². The molecular weight excluding hydrogens is 296 g/mol. The Hall–Kier alpha value is -1.23. The molecule has 0 aromatic heterocycles. The first-order valence-electron chi connectivity index (χ1n) is 5.56. The van der Waals surface area contributed by atoms with Crippen LogP contribution < -0.4 is 0 Å². The lowest BCUT2D eigenvalue weighted by Crippen LogP contribution is -2.25. The first-order chi connectivity index (χ1) is 8.52. The summed E-state index contributed by atoms with van der Waals surface area (Å²) < 4.78 is 0.702. The van der Waals surface area contributed by atoms with E-state index in [1.54, 1.807) is 6.07 Å². The first-order valence-corrected chi connectivity index (χ1v) is 6.35. The fourth-order valence-electron chi connectivity index (χ4n) is 1.87. The van der Waals surface area contributed by atoms with Gasteiger partial charge in [0.1, 0.15) is 12.2 Å². The number of carbonyl (C=O) groups excluding carboxylic acids is 1. The van der Waals surface area contributed by atoms with Gasteiger partial charge in [0, 0.05) is 4.47 Å². The van der Waals surface area contributed by atoms with Gasteiger partial charge >= 0.3 is 0 Å². The Kier molecular flexibility index (Phi) is 3.80. The SMILES string of the molecule is CC(=O)[C@H](O)[C@@H](O)c1ccc2ccccc2c1Br. The smallest absolute Gasteiger partial charge is 0.161 e. The van der Waals surface area contributed by atoms with Gasteiger partial charge in [-0.15, -0.1) is 0 Å². The van der Waals surface area contributed by atoms with Crippen molar-refractivity contribution in [3.05, 3.63) is 46.4 Å². The summed E-state index contributed by atoms with van der Waals surface area (Å²) in [5, 5.41) is 21.6. The maximum absolute atomic E-state index is 11.1. The van der Waals surface area contributed by atoms with Gasteiger partial charge < -0.3 is 10.2 Å². The molecule has 0 unspecified atom stereocenters. The van der Waals surface area contributed by atoms with Gasteiger partial charge in [0.25, 0.3) is 0 Å². The summed E-state index contributed by atoms with van der Waals surface area (Å²) in [5.74, 6) is -0.456. The molecule has 0 bridgehead atoms. The van der Waals surface area contributed by atoms with E-state index in [2.05, 4.69) is 15.9 Å². The zero-order chi connectivity index (χ0) is 13.3. The van der Waals surface area contributed by atoms with Gasteiger partial charge in [0.15, 0.2) is 5.78 Å². The van der Waals surface area contributed by atoms with Crippen LogP contribution in [0, 0.1) is 0 Å². The summed E-state index contributed by atoms with van der Waals surface area (Å²) in [6, 6.07) is 11.3. The Labute approximate surface area is 113 Å². The highest BCUT2D eigenvalue weighted by molar-refractivity contribution is 9.10. The number of halogens is 1. The van der Waals surface area contributed by atoms with E-state index in [9.17, 15) is 15.0 Å². The number of Topliss-reactive ketones (excluding diaryl/α,β-unsaturated/α-hetero) is 1. The zero-order valence-electron chi connectivity index (χ0n) is 9.80. The van der Waals surface area contributed by atoms with E-state index in [0.717, 1.165) is 10.8 Å². The van der Waals surface area contributed by atoms with E-state index in [1.165, 1.54) is 6.92 Å². The van der Waals surface area contributed by atoms with Crippen LogP contribution in [-0.4, -0.2) is 22.1 Å². The van der Waals surface area contributed by atoms with Gasteiger partial charge in [0.2, 0.25) is 0 Å². The Balaban J connectivity index is 2.52. The standard InChI is InChI=1S/C14H13BrO3/c1-8(16)13(17)14(18)11-7-6-9-4-2-3-5-10(9)12(11)15/h2-7,13-14,17-18H,1H3/t13-,14-/m0/s1. The number of hydrogen-bond donors (Lipinski definition) is 2. The third-order valence-corrected chi connectivity index (χ3v) is 3.81. The second kappa shape index (κ2) is 5.18. The van der Waals surface area contributed by atoms with Crippen molar-refractivity contribution in [2.24, 2.45) is 0 Å². The largest absolute Gasteiger partial charge is 0.385 e. The van der Waals surface area contributed by atoms with Crippen molar-refractivity contribution in [2.45, 2.75) is 19.1 Å².